The molecule has 2 atom stereocenters. The van der Waals surface area contributed by atoms with Gasteiger partial charge in [-0.25, -0.2) is 13.4 Å². The smallest absolute Gasteiger partial charge is 0.443 e. The van der Waals surface area contributed by atoms with Crippen molar-refractivity contribution in [3.63, 3.8) is 0 Å². The Hall–Kier alpha value is -2.35. The Labute approximate surface area is 189 Å². The number of carbonyl (C=O) groups excluding carboxylic acids is 1. The van der Waals surface area contributed by atoms with Gasteiger partial charge in [0.2, 0.25) is 0 Å². The van der Waals surface area contributed by atoms with Crippen molar-refractivity contribution < 1.29 is 44.3 Å². The molecule has 1 amide bonds. The zero-order valence-corrected chi connectivity index (χ0v) is 18.8. The van der Waals surface area contributed by atoms with E-state index in [0.29, 0.717) is 11.3 Å². The molecule has 1 saturated heterocycles. The zero-order chi connectivity index (χ0) is 24.8. The lowest BCUT2D eigenvalue weighted by atomic mass is 10.1. The fraction of sp³-hybridized carbons (Fsp3) is 0.474. The molecule has 0 N–H and O–H groups in total. The van der Waals surface area contributed by atoms with Gasteiger partial charge in [-0.05, 0) is 31.5 Å². The molecular weight excluding hydrogens is 498 g/mol. The largest absolute Gasteiger partial charge is 0.480 e. The molecule has 3 rings (SSSR count). The Morgan fingerprint density at radius 1 is 1.24 bits per heavy atom. The third-order valence-corrected chi connectivity index (χ3v) is 7.05. The van der Waals surface area contributed by atoms with Crippen molar-refractivity contribution in [2.24, 2.45) is 0 Å². The summed E-state index contributed by atoms with van der Waals surface area (Å²) in [7, 11) is -3.78. The van der Waals surface area contributed by atoms with Gasteiger partial charge in [-0.15, -0.1) is 11.3 Å². The molecule has 1 fully saturated rings. The SMILES string of the molecule is C[C@H](Oc1ccc(S(C)(=O)=O)cc1C(=O)N1CCC(c2csc(C(F)(F)F)n2)C1)C(F)(F)F. The average molecular weight is 516 g/mol. The minimum atomic E-state index is -4.73. The Morgan fingerprint density at radius 2 is 1.91 bits per heavy atom. The predicted molar refractivity (Wildman–Crippen MR) is 106 cm³/mol. The average Bonchev–Trinajstić information content (AvgIpc) is 3.35. The van der Waals surface area contributed by atoms with E-state index in [-0.39, 0.29) is 35.7 Å². The van der Waals surface area contributed by atoms with Crippen molar-refractivity contribution in [3.05, 3.63) is 39.8 Å². The highest BCUT2D eigenvalue weighted by atomic mass is 32.2. The van der Waals surface area contributed by atoms with Crippen molar-refractivity contribution in [3.8, 4) is 5.75 Å². The molecule has 1 aromatic heterocycles. The highest BCUT2D eigenvalue weighted by Crippen LogP contribution is 2.36. The number of carbonyl (C=O) groups is 1. The second-order valence-corrected chi connectivity index (χ2v) is 10.4. The normalized spacial score (nSPS) is 18.4. The van der Waals surface area contributed by atoms with Crippen LogP contribution in [0.4, 0.5) is 26.3 Å². The number of rotatable bonds is 5. The first kappa shape index (κ1) is 25.3. The van der Waals surface area contributed by atoms with Crippen LogP contribution in [0.3, 0.4) is 0 Å². The van der Waals surface area contributed by atoms with E-state index in [4.69, 9.17) is 4.74 Å². The van der Waals surface area contributed by atoms with E-state index in [0.717, 1.165) is 31.4 Å². The molecule has 2 heterocycles. The maximum atomic E-state index is 13.1. The van der Waals surface area contributed by atoms with Crippen LogP contribution in [0.15, 0.2) is 28.5 Å². The van der Waals surface area contributed by atoms with Crippen LogP contribution < -0.4 is 4.74 Å². The van der Waals surface area contributed by atoms with Crippen LogP contribution in [0.2, 0.25) is 0 Å². The minimum Gasteiger partial charge on any atom is -0.480 e. The Balaban J connectivity index is 1.88. The number of alkyl halides is 6. The fourth-order valence-electron chi connectivity index (χ4n) is 3.23. The third kappa shape index (κ3) is 5.78. The van der Waals surface area contributed by atoms with Gasteiger partial charge in [0.05, 0.1) is 16.2 Å². The topological polar surface area (TPSA) is 76.6 Å². The number of sulfone groups is 1. The summed E-state index contributed by atoms with van der Waals surface area (Å²) in [5.74, 6) is -1.75. The van der Waals surface area contributed by atoms with Crippen molar-refractivity contribution in [2.45, 2.75) is 42.6 Å². The van der Waals surface area contributed by atoms with Gasteiger partial charge in [0.1, 0.15) is 5.75 Å². The Morgan fingerprint density at radius 3 is 2.45 bits per heavy atom. The van der Waals surface area contributed by atoms with Crippen molar-refractivity contribution in [2.75, 3.05) is 19.3 Å². The number of aromatic nitrogens is 1. The number of likely N-dealkylation sites (tertiary alicyclic amines) is 1. The van der Waals surface area contributed by atoms with E-state index in [1.54, 1.807) is 0 Å². The maximum absolute atomic E-state index is 13.1. The number of hydrogen-bond acceptors (Lipinski definition) is 6. The number of hydrogen-bond donors (Lipinski definition) is 0. The van der Waals surface area contributed by atoms with Gasteiger partial charge >= 0.3 is 12.4 Å². The van der Waals surface area contributed by atoms with Crippen LogP contribution in [0, 0.1) is 0 Å². The maximum Gasteiger partial charge on any atom is 0.443 e. The Kier molecular flexibility index (Phi) is 6.72. The van der Waals surface area contributed by atoms with Gasteiger partial charge in [-0.2, -0.15) is 26.3 Å². The van der Waals surface area contributed by atoms with Crippen LogP contribution in [-0.4, -0.2) is 55.8 Å². The van der Waals surface area contributed by atoms with Gasteiger partial charge in [-0.3, -0.25) is 4.79 Å². The van der Waals surface area contributed by atoms with Crippen LogP contribution in [0.25, 0.3) is 0 Å². The molecule has 33 heavy (non-hydrogen) atoms. The number of ether oxygens (including phenoxy) is 1. The van der Waals surface area contributed by atoms with Gasteiger partial charge in [0.15, 0.2) is 20.9 Å². The first-order valence-electron chi connectivity index (χ1n) is 9.46. The lowest BCUT2D eigenvalue weighted by Gasteiger charge is -2.22. The summed E-state index contributed by atoms with van der Waals surface area (Å²) in [4.78, 5) is 17.6. The molecule has 182 valence electrons. The number of amides is 1. The van der Waals surface area contributed by atoms with Gasteiger partial charge in [0, 0.05) is 30.6 Å². The quantitative estimate of drug-likeness (QED) is 0.546. The first-order chi connectivity index (χ1) is 15.1. The number of thiazole rings is 1. The highest BCUT2D eigenvalue weighted by Gasteiger charge is 2.40. The summed E-state index contributed by atoms with van der Waals surface area (Å²) in [6.45, 7) is 0.808. The fourth-order valence-corrected chi connectivity index (χ4v) is 4.64. The molecule has 0 radical (unpaired) electrons. The molecule has 1 aromatic carbocycles. The summed E-state index contributed by atoms with van der Waals surface area (Å²) >= 11 is 0.433. The van der Waals surface area contributed by atoms with Crippen LogP contribution in [0.1, 0.15) is 40.3 Å². The molecule has 0 aliphatic carbocycles. The Bertz CT molecular complexity index is 1140. The van der Waals surface area contributed by atoms with E-state index in [1.165, 1.54) is 10.3 Å². The van der Waals surface area contributed by atoms with Crippen molar-refractivity contribution in [1.29, 1.82) is 0 Å². The number of halogens is 6. The summed E-state index contributed by atoms with van der Waals surface area (Å²) < 4.78 is 106. The molecule has 1 aliphatic rings. The summed E-state index contributed by atoms with van der Waals surface area (Å²) in [5, 5.41) is 0.241. The van der Waals surface area contributed by atoms with Gasteiger partial charge < -0.3 is 9.64 Å². The monoisotopic (exact) mass is 516 g/mol. The second-order valence-electron chi connectivity index (χ2n) is 7.54. The summed E-state index contributed by atoms with van der Waals surface area (Å²) in [5.41, 5.74) is -0.224. The van der Waals surface area contributed by atoms with Crippen LogP contribution >= 0.6 is 11.3 Å². The van der Waals surface area contributed by atoms with Crippen LogP contribution in [0.5, 0.6) is 5.75 Å². The summed E-state index contributed by atoms with van der Waals surface area (Å²) in [6.07, 6.45) is -10.4. The van der Waals surface area contributed by atoms with Crippen molar-refractivity contribution in [1.82, 2.24) is 9.88 Å². The molecule has 1 unspecified atom stereocenters. The summed E-state index contributed by atoms with van der Waals surface area (Å²) in [6, 6.07) is 2.95. The van der Waals surface area contributed by atoms with Gasteiger partial charge in [0.25, 0.3) is 5.91 Å². The molecule has 2 aromatic rings. The molecule has 0 saturated carbocycles. The molecule has 1 aliphatic heterocycles. The van der Waals surface area contributed by atoms with E-state index in [9.17, 15) is 39.6 Å². The molecule has 0 bridgehead atoms. The molecule has 0 spiro atoms. The van der Waals surface area contributed by atoms with E-state index in [2.05, 4.69) is 4.98 Å². The second kappa shape index (κ2) is 8.78. The van der Waals surface area contributed by atoms with E-state index in [1.807, 2.05) is 0 Å². The van der Waals surface area contributed by atoms with Crippen molar-refractivity contribution >= 4 is 27.1 Å². The molecule has 14 heteroatoms. The van der Waals surface area contributed by atoms with E-state index >= 15 is 0 Å². The van der Waals surface area contributed by atoms with E-state index < -0.39 is 50.9 Å². The third-order valence-electron chi connectivity index (χ3n) is 5.03. The first-order valence-corrected chi connectivity index (χ1v) is 12.2. The van der Waals surface area contributed by atoms with Gasteiger partial charge in [-0.1, -0.05) is 0 Å². The minimum absolute atomic E-state index is 0.0305. The predicted octanol–water partition coefficient (Wildman–Crippen LogP) is 4.52. The molecular formula is C19H18F6N2O4S2. The number of benzene rings is 1. The lowest BCUT2D eigenvalue weighted by molar-refractivity contribution is -0.189. The highest BCUT2D eigenvalue weighted by molar-refractivity contribution is 7.90. The molecule has 6 nitrogen and oxygen atoms in total. The zero-order valence-electron chi connectivity index (χ0n) is 17.2. The number of nitrogens with zero attached hydrogens (tertiary/aromatic N) is 2. The van der Waals surface area contributed by atoms with Crippen LogP contribution in [-0.2, 0) is 16.0 Å². The standard InChI is InChI=1S/C19H18F6N2O4S2/c1-10(18(20,21)22)31-15-4-3-12(33(2,29)30)7-13(15)16(28)27-6-5-11(8-27)14-9-32-17(26-14)19(23,24)25/h3-4,7,9-11H,5-6,8H2,1-2H3/t10-,11?/m0/s1. The lowest BCUT2D eigenvalue weighted by Crippen LogP contribution is -2.33.